The Morgan fingerprint density at radius 2 is 1.41 bits per heavy atom. The molecule has 0 saturated heterocycles. The van der Waals surface area contributed by atoms with E-state index in [1.54, 1.807) is 7.11 Å². The standard InChI is InChI=1S/C16H18O/c1-11-7-5-8-12(2)16(11)14-9-6-10-15(17-4)13(14)3/h5-10H,1-4H3. The Balaban J connectivity index is 2.69. The van der Waals surface area contributed by atoms with Crippen molar-refractivity contribution >= 4 is 0 Å². The molecule has 0 aliphatic rings. The molecule has 0 aromatic heterocycles. The zero-order valence-electron chi connectivity index (χ0n) is 10.9. The van der Waals surface area contributed by atoms with Gasteiger partial charge in [0.15, 0.2) is 0 Å². The minimum atomic E-state index is 0.949. The van der Waals surface area contributed by atoms with Gasteiger partial charge in [-0.25, -0.2) is 0 Å². The maximum Gasteiger partial charge on any atom is 0.122 e. The second kappa shape index (κ2) is 4.62. The molecule has 88 valence electrons. The van der Waals surface area contributed by atoms with Crippen molar-refractivity contribution in [2.24, 2.45) is 0 Å². The summed E-state index contributed by atoms with van der Waals surface area (Å²) in [6, 6.07) is 12.6. The first kappa shape index (κ1) is 11.7. The largest absolute Gasteiger partial charge is 0.496 e. The van der Waals surface area contributed by atoms with E-state index in [9.17, 15) is 0 Å². The average Bonchev–Trinajstić information content (AvgIpc) is 2.31. The number of aryl methyl sites for hydroxylation is 2. The molecule has 2 aromatic rings. The molecule has 1 heteroatoms. The maximum atomic E-state index is 5.39. The first-order valence-corrected chi connectivity index (χ1v) is 5.85. The summed E-state index contributed by atoms with van der Waals surface area (Å²) in [4.78, 5) is 0. The van der Waals surface area contributed by atoms with Crippen LogP contribution < -0.4 is 4.74 Å². The fourth-order valence-corrected chi connectivity index (χ4v) is 2.35. The molecule has 2 rings (SSSR count). The maximum absolute atomic E-state index is 5.39. The Kier molecular flexibility index (Phi) is 3.19. The highest BCUT2D eigenvalue weighted by molar-refractivity contribution is 5.75. The van der Waals surface area contributed by atoms with Gasteiger partial charge >= 0.3 is 0 Å². The molecular formula is C16H18O. The lowest BCUT2D eigenvalue weighted by atomic mass is 9.92. The fraction of sp³-hybridized carbons (Fsp3) is 0.250. The van der Waals surface area contributed by atoms with E-state index >= 15 is 0 Å². The van der Waals surface area contributed by atoms with Crippen LogP contribution in [0.5, 0.6) is 5.75 Å². The monoisotopic (exact) mass is 226 g/mol. The van der Waals surface area contributed by atoms with Gasteiger partial charge in [0.25, 0.3) is 0 Å². The molecule has 0 amide bonds. The average molecular weight is 226 g/mol. The number of methoxy groups -OCH3 is 1. The predicted molar refractivity (Wildman–Crippen MR) is 72.6 cm³/mol. The number of hydrogen-bond acceptors (Lipinski definition) is 1. The molecule has 0 aliphatic heterocycles. The van der Waals surface area contributed by atoms with Gasteiger partial charge < -0.3 is 4.74 Å². The van der Waals surface area contributed by atoms with Crippen LogP contribution in [0.4, 0.5) is 0 Å². The second-order valence-corrected chi connectivity index (χ2v) is 4.40. The first-order chi connectivity index (χ1) is 8.15. The molecule has 0 unspecified atom stereocenters. The summed E-state index contributed by atoms with van der Waals surface area (Å²) in [7, 11) is 1.72. The molecule has 0 radical (unpaired) electrons. The predicted octanol–water partition coefficient (Wildman–Crippen LogP) is 4.29. The van der Waals surface area contributed by atoms with Gasteiger partial charge in [-0.1, -0.05) is 30.3 Å². The van der Waals surface area contributed by atoms with Crippen molar-refractivity contribution < 1.29 is 4.74 Å². The highest BCUT2D eigenvalue weighted by atomic mass is 16.5. The lowest BCUT2D eigenvalue weighted by Crippen LogP contribution is -1.93. The summed E-state index contributed by atoms with van der Waals surface area (Å²) in [6.45, 7) is 6.42. The summed E-state index contributed by atoms with van der Waals surface area (Å²) in [6.07, 6.45) is 0. The van der Waals surface area contributed by atoms with Gasteiger partial charge in [-0.2, -0.15) is 0 Å². The number of hydrogen-bond donors (Lipinski definition) is 0. The summed E-state index contributed by atoms with van der Waals surface area (Å²) in [5.41, 5.74) is 6.40. The lowest BCUT2D eigenvalue weighted by Gasteiger charge is -2.14. The minimum Gasteiger partial charge on any atom is -0.496 e. The topological polar surface area (TPSA) is 9.23 Å². The van der Waals surface area contributed by atoms with Gasteiger partial charge in [-0.15, -0.1) is 0 Å². The molecule has 0 fully saturated rings. The van der Waals surface area contributed by atoms with Crippen molar-refractivity contribution in [2.75, 3.05) is 7.11 Å². The van der Waals surface area contributed by atoms with E-state index in [0.29, 0.717) is 0 Å². The Bertz CT molecular complexity index is 521. The van der Waals surface area contributed by atoms with Crippen LogP contribution in [0.1, 0.15) is 16.7 Å². The molecular weight excluding hydrogens is 208 g/mol. The molecule has 0 aliphatic carbocycles. The summed E-state index contributed by atoms with van der Waals surface area (Å²) in [5, 5.41) is 0. The van der Waals surface area contributed by atoms with Crippen LogP contribution in [0.2, 0.25) is 0 Å². The Morgan fingerprint density at radius 1 is 0.824 bits per heavy atom. The van der Waals surface area contributed by atoms with Crippen molar-refractivity contribution in [1.29, 1.82) is 0 Å². The number of rotatable bonds is 2. The minimum absolute atomic E-state index is 0.949. The smallest absolute Gasteiger partial charge is 0.122 e. The van der Waals surface area contributed by atoms with Gasteiger partial charge in [0.05, 0.1) is 7.11 Å². The fourth-order valence-electron chi connectivity index (χ4n) is 2.35. The zero-order chi connectivity index (χ0) is 12.4. The number of benzene rings is 2. The highest BCUT2D eigenvalue weighted by Crippen LogP contribution is 2.33. The Labute approximate surface area is 103 Å². The van der Waals surface area contributed by atoms with E-state index in [0.717, 1.165) is 5.75 Å². The van der Waals surface area contributed by atoms with E-state index in [-0.39, 0.29) is 0 Å². The number of ether oxygens (including phenoxy) is 1. The van der Waals surface area contributed by atoms with Crippen LogP contribution in [0.15, 0.2) is 36.4 Å². The summed E-state index contributed by atoms with van der Waals surface area (Å²) >= 11 is 0. The van der Waals surface area contributed by atoms with Crippen LogP contribution in [0.3, 0.4) is 0 Å². The third-order valence-corrected chi connectivity index (χ3v) is 3.25. The van der Waals surface area contributed by atoms with Gasteiger partial charge in [0, 0.05) is 0 Å². The molecule has 17 heavy (non-hydrogen) atoms. The third-order valence-electron chi connectivity index (χ3n) is 3.25. The van der Waals surface area contributed by atoms with E-state index in [1.807, 2.05) is 12.1 Å². The van der Waals surface area contributed by atoms with E-state index in [2.05, 4.69) is 45.0 Å². The van der Waals surface area contributed by atoms with Crippen LogP contribution >= 0.6 is 0 Å². The molecule has 0 spiro atoms. The van der Waals surface area contributed by atoms with Gasteiger partial charge in [0.2, 0.25) is 0 Å². The highest BCUT2D eigenvalue weighted by Gasteiger charge is 2.10. The molecule has 0 bridgehead atoms. The first-order valence-electron chi connectivity index (χ1n) is 5.85. The van der Waals surface area contributed by atoms with Crippen LogP contribution in [0, 0.1) is 20.8 Å². The SMILES string of the molecule is COc1cccc(-c2c(C)cccc2C)c1C. The summed E-state index contributed by atoms with van der Waals surface area (Å²) < 4.78 is 5.39. The van der Waals surface area contributed by atoms with Crippen molar-refractivity contribution in [3.05, 3.63) is 53.1 Å². The summed E-state index contributed by atoms with van der Waals surface area (Å²) in [5.74, 6) is 0.949. The van der Waals surface area contributed by atoms with Crippen molar-refractivity contribution in [3.63, 3.8) is 0 Å². The molecule has 1 nitrogen and oxygen atoms in total. The van der Waals surface area contributed by atoms with E-state index in [4.69, 9.17) is 4.74 Å². The Hall–Kier alpha value is -1.76. The van der Waals surface area contributed by atoms with E-state index in [1.165, 1.54) is 27.8 Å². The van der Waals surface area contributed by atoms with Crippen LogP contribution in [0.25, 0.3) is 11.1 Å². The Morgan fingerprint density at radius 3 is 2.00 bits per heavy atom. The van der Waals surface area contributed by atoms with E-state index < -0.39 is 0 Å². The molecule has 0 atom stereocenters. The van der Waals surface area contributed by atoms with Gasteiger partial charge in [-0.3, -0.25) is 0 Å². The normalized spacial score (nSPS) is 10.4. The van der Waals surface area contributed by atoms with Crippen LogP contribution in [-0.2, 0) is 0 Å². The van der Waals surface area contributed by atoms with Crippen molar-refractivity contribution in [2.45, 2.75) is 20.8 Å². The second-order valence-electron chi connectivity index (χ2n) is 4.40. The third kappa shape index (κ3) is 2.05. The van der Waals surface area contributed by atoms with Crippen molar-refractivity contribution in [1.82, 2.24) is 0 Å². The molecule has 0 N–H and O–H groups in total. The zero-order valence-corrected chi connectivity index (χ0v) is 10.9. The van der Waals surface area contributed by atoms with Crippen LogP contribution in [-0.4, -0.2) is 7.11 Å². The molecule has 0 heterocycles. The lowest BCUT2D eigenvalue weighted by molar-refractivity contribution is 0.412. The van der Waals surface area contributed by atoms with Gasteiger partial charge in [-0.05, 0) is 54.7 Å². The van der Waals surface area contributed by atoms with Crippen molar-refractivity contribution in [3.8, 4) is 16.9 Å². The quantitative estimate of drug-likeness (QED) is 0.742. The molecule has 0 saturated carbocycles. The van der Waals surface area contributed by atoms with Gasteiger partial charge in [0.1, 0.15) is 5.75 Å². The molecule has 2 aromatic carbocycles.